The normalized spacial score (nSPS) is 10.5. The summed E-state index contributed by atoms with van der Waals surface area (Å²) in [5, 5.41) is 5.44. The van der Waals surface area contributed by atoms with Gasteiger partial charge in [0.15, 0.2) is 11.5 Å². The fourth-order valence-electron chi connectivity index (χ4n) is 2.32. The number of methoxy groups -OCH3 is 1. The molecule has 0 spiro atoms. The van der Waals surface area contributed by atoms with Crippen LogP contribution >= 0.6 is 0 Å². The fraction of sp³-hybridized carbons (Fsp3) is 0.238. The van der Waals surface area contributed by atoms with E-state index in [1.165, 1.54) is 13.0 Å². The second kappa shape index (κ2) is 10.0. The van der Waals surface area contributed by atoms with Crippen LogP contribution < -0.4 is 20.1 Å². The van der Waals surface area contributed by atoms with Gasteiger partial charge in [-0.05, 0) is 54.5 Å². The molecular weight excluding hydrogens is 344 g/mol. The second-order valence-corrected chi connectivity index (χ2v) is 5.84. The highest BCUT2D eigenvalue weighted by Crippen LogP contribution is 2.28. The maximum Gasteiger partial charge on any atom is 0.248 e. The van der Waals surface area contributed by atoms with Crippen molar-refractivity contribution in [3.05, 3.63) is 54.1 Å². The number of carbonyl (C=O) groups is 2. The molecule has 2 amide bonds. The Morgan fingerprint density at radius 1 is 1.00 bits per heavy atom. The van der Waals surface area contributed by atoms with Gasteiger partial charge in [0.05, 0.1) is 13.7 Å². The van der Waals surface area contributed by atoms with Gasteiger partial charge >= 0.3 is 0 Å². The van der Waals surface area contributed by atoms with Gasteiger partial charge in [0.2, 0.25) is 11.8 Å². The Morgan fingerprint density at radius 2 is 1.67 bits per heavy atom. The van der Waals surface area contributed by atoms with E-state index in [1.54, 1.807) is 37.5 Å². The van der Waals surface area contributed by atoms with Crippen LogP contribution in [0.5, 0.6) is 11.5 Å². The molecule has 0 aromatic heterocycles. The number of hydrogen-bond acceptors (Lipinski definition) is 4. The van der Waals surface area contributed by atoms with E-state index in [0.29, 0.717) is 29.5 Å². The average Bonchev–Trinajstić information content (AvgIpc) is 2.66. The van der Waals surface area contributed by atoms with E-state index in [4.69, 9.17) is 9.47 Å². The van der Waals surface area contributed by atoms with Crippen molar-refractivity contribution in [3.8, 4) is 11.5 Å². The lowest BCUT2D eigenvalue weighted by molar-refractivity contribution is -0.114. The molecule has 6 heteroatoms. The van der Waals surface area contributed by atoms with Crippen molar-refractivity contribution in [2.24, 2.45) is 0 Å². The first-order valence-corrected chi connectivity index (χ1v) is 8.69. The highest BCUT2D eigenvalue weighted by molar-refractivity contribution is 6.02. The van der Waals surface area contributed by atoms with Crippen molar-refractivity contribution in [1.29, 1.82) is 0 Å². The molecule has 142 valence electrons. The van der Waals surface area contributed by atoms with Crippen molar-refractivity contribution in [2.45, 2.75) is 20.3 Å². The molecule has 0 saturated heterocycles. The Bertz CT molecular complexity index is 813. The van der Waals surface area contributed by atoms with E-state index >= 15 is 0 Å². The molecule has 6 nitrogen and oxygen atoms in total. The fourth-order valence-corrected chi connectivity index (χ4v) is 2.32. The van der Waals surface area contributed by atoms with Crippen LogP contribution in [-0.2, 0) is 9.59 Å². The number of amides is 2. The van der Waals surface area contributed by atoms with Crippen LogP contribution in [0, 0.1) is 0 Å². The third-order valence-corrected chi connectivity index (χ3v) is 3.55. The van der Waals surface area contributed by atoms with Crippen LogP contribution in [0.4, 0.5) is 11.4 Å². The molecule has 2 rings (SSSR count). The molecule has 0 saturated carbocycles. The zero-order valence-corrected chi connectivity index (χ0v) is 15.7. The first kappa shape index (κ1) is 20.0. The van der Waals surface area contributed by atoms with Crippen molar-refractivity contribution >= 4 is 29.3 Å². The third kappa shape index (κ3) is 6.51. The van der Waals surface area contributed by atoms with Gasteiger partial charge in [-0.3, -0.25) is 9.59 Å². The van der Waals surface area contributed by atoms with E-state index < -0.39 is 0 Å². The Hall–Kier alpha value is -3.28. The van der Waals surface area contributed by atoms with Crippen LogP contribution in [0.25, 0.3) is 6.08 Å². The van der Waals surface area contributed by atoms with Crippen molar-refractivity contribution in [1.82, 2.24) is 0 Å². The van der Waals surface area contributed by atoms with Gasteiger partial charge in [0.25, 0.3) is 0 Å². The van der Waals surface area contributed by atoms with Gasteiger partial charge in [-0.15, -0.1) is 0 Å². The number of ether oxygens (including phenoxy) is 2. The maximum atomic E-state index is 12.1. The van der Waals surface area contributed by atoms with Gasteiger partial charge in [0.1, 0.15) is 0 Å². The minimum atomic E-state index is -0.257. The third-order valence-electron chi connectivity index (χ3n) is 3.55. The summed E-state index contributed by atoms with van der Waals surface area (Å²) in [5.74, 6) is 0.906. The van der Waals surface area contributed by atoms with Crippen LogP contribution in [0.1, 0.15) is 25.8 Å². The van der Waals surface area contributed by atoms with E-state index in [1.807, 2.05) is 25.1 Å². The lowest BCUT2D eigenvalue weighted by atomic mass is 10.2. The number of nitrogens with one attached hydrogen (secondary N) is 2. The highest BCUT2D eigenvalue weighted by atomic mass is 16.5. The Balaban J connectivity index is 1.98. The monoisotopic (exact) mass is 368 g/mol. The van der Waals surface area contributed by atoms with E-state index in [2.05, 4.69) is 10.6 Å². The Morgan fingerprint density at radius 3 is 2.26 bits per heavy atom. The van der Waals surface area contributed by atoms with E-state index in [9.17, 15) is 9.59 Å². The molecule has 0 radical (unpaired) electrons. The maximum absolute atomic E-state index is 12.1. The number of hydrogen-bond donors (Lipinski definition) is 2. The van der Waals surface area contributed by atoms with Crippen LogP contribution in [0.2, 0.25) is 0 Å². The lowest BCUT2D eigenvalue weighted by Gasteiger charge is -2.10. The van der Waals surface area contributed by atoms with Gasteiger partial charge in [0, 0.05) is 24.4 Å². The Labute approximate surface area is 159 Å². The summed E-state index contributed by atoms with van der Waals surface area (Å²) in [6.45, 7) is 4.10. The van der Waals surface area contributed by atoms with E-state index in [0.717, 1.165) is 12.0 Å². The van der Waals surface area contributed by atoms with Crippen molar-refractivity contribution in [2.75, 3.05) is 24.4 Å². The van der Waals surface area contributed by atoms with Crippen LogP contribution in [-0.4, -0.2) is 25.5 Å². The first-order chi connectivity index (χ1) is 13.0. The minimum Gasteiger partial charge on any atom is -0.493 e. The molecule has 0 heterocycles. The summed E-state index contributed by atoms with van der Waals surface area (Å²) in [5.41, 5.74) is 2.14. The molecule has 2 N–H and O–H groups in total. The predicted octanol–water partition coefficient (Wildman–Crippen LogP) is 4.09. The number of rotatable bonds is 8. The summed E-state index contributed by atoms with van der Waals surface area (Å²) >= 11 is 0. The molecule has 0 fully saturated rings. The number of anilines is 2. The molecular formula is C21H24N2O4. The largest absolute Gasteiger partial charge is 0.493 e. The predicted molar refractivity (Wildman–Crippen MR) is 107 cm³/mol. The lowest BCUT2D eigenvalue weighted by Crippen LogP contribution is -2.08. The molecule has 27 heavy (non-hydrogen) atoms. The van der Waals surface area contributed by atoms with Gasteiger partial charge < -0.3 is 20.1 Å². The van der Waals surface area contributed by atoms with Gasteiger partial charge in [-0.2, -0.15) is 0 Å². The average molecular weight is 368 g/mol. The SMILES string of the molecule is CCCOc1ccc(/C=C/C(=O)Nc2ccc(NC(C)=O)cc2)cc1OC. The zero-order chi connectivity index (χ0) is 19.6. The zero-order valence-electron chi connectivity index (χ0n) is 15.7. The molecule has 0 aliphatic heterocycles. The topological polar surface area (TPSA) is 76.7 Å². The number of carbonyl (C=O) groups excluding carboxylic acids is 2. The molecule has 2 aromatic rings. The standard InChI is InChI=1S/C21H24N2O4/c1-4-13-27-19-11-5-16(14-20(19)26-3)6-12-21(25)23-18-9-7-17(8-10-18)22-15(2)24/h5-12,14H,4,13H2,1-3H3,(H,22,24)(H,23,25)/b12-6+. The summed E-state index contributed by atoms with van der Waals surface area (Å²) in [6, 6.07) is 12.4. The molecule has 2 aromatic carbocycles. The van der Waals surface area contributed by atoms with Crippen molar-refractivity contribution in [3.63, 3.8) is 0 Å². The summed E-state index contributed by atoms with van der Waals surface area (Å²) in [7, 11) is 1.58. The molecule has 0 aliphatic carbocycles. The van der Waals surface area contributed by atoms with Crippen LogP contribution in [0.15, 0.2) is 48.5 Å². The van der Waals surface area contributed by atoms with Gasteiger partial charge in [-0.25, -0.2) is 0 Å². The first-order valence-electron chi connectivity index (χ1n) is 8.69. The summed E-state index contributed by atoms with van der Waals surface area (Å²) in [4.78, 5) is 23.1. The smallest absolute Gasteiger partial charge is 0.248 e. The summed E-state index contributed by atoms with van der Waals surface area (Å²) < 4.78 is 11.0. The molecule has 0 atom stereocenters. The second-order valence-electron chi connectivity index (χ2n) is 5.84. The van der Waals surface area contributed by atoms with E-state index in [-0.39, 0.29) is 11.8 Å². The van der Waals surface area contributed by atoms with Crippen molar-refractivity contribution < 1.29 is 19.1 Å². The highest BCUT2D eigenvalue weighted by Gasteiger charge is 2.05. The molecule has 0 bridgehead atoms. The quantitative estimate of drug-likeness (QED) is 0.688. The summed E-state index contributed by atoms with van der Waals surface area (Å²) in [6.07, 6.45) is 4.06. The molecule has 0 unspecified atom stereocenters. The van der Waals surface area contributed by atoms with Gasteiger partial charge in [-0.1, -0.05) is 13.0 Å². The minimum absolute atomic E-state index is 0.142. The Kier molecular flexibility index (Phi) is 7.43. The van der Waals surface area contributed by atoms with Crippen LogP contribution in [0.3, 0.4) is 0 Å². The number of benzene rings is 2. The molecule has 0 aliphatic rings.